The van der Waals surface area contributed by atoms with Crippen LogP contribution in [0.4, 0.5) is 0 Å². The average Bonchev–Trinajstić information content (AvgIpc) is 2.76. The standard InChI is InChI=1S/C26H28N2O4/c1-27(15-23-21-13-19(29)7-3-17(21)5-9-25(23)31)11-12-28(2)16-24-22-14-20(30)8-4-18(22)6-10-26(24)32/h3-10,13-14,29-32H,11-12,15-16H2,1-2H3. The number of fused-ring (bicyclic) bond motifs is 2. The third-order valence-corrected chi connectivity index (χ3v) is 5.90. The number of hydrogen-bond acceptors (Lipinski definition) is 6. The second kappa shape index (κ2) is 8.94. The van der Waals surface area contributed by atoms with Gasteiger partial charge in [-0.15, -0.1) is 0 Å². The number of rotatable bonds is 7. The second-order valence-corrected chi connectivity index (χ2v) is 8.41. The van der Waals surface area contributed by atoms with Crippen LogP contribution in [0.1, 0.15) is 11.1 Å². The zero-order valence-corrected chi connectivity index (χ0v) is 18.3. The molecular weight excluding hydrogens is 404 g/mol. The summed E-state index contributed by atoms with van der Waals surface area (Å²) in [6, 6.07) is 17.4. The van der Waals surface area contributed by atoms with Gasteiger partial charge in [0.15, 0.2) is 0 Å². The third kappa shape index (κ3) is 4.56. The molecule has 0 aliphatic heterocycles. The molecule has 0 aliphatic carbocycles. The van der Waals surface area contributed by atoms with Crippen molar-refractivity contribution in [3.05, 3.63) is 71.8 Å². The van der Waals surface area contributed by atoms with Crippen LogP contribution in [-0.4, -0.2) is 57.4 Å². The second-order valence-electron chi connectivity index (χ2n) is 8.41. The zero-order valence-electron chi connectivity index (χ0n) is 18.3. The smallest absolute Gasteiger partial charge is 0.120 e. The predicted octanol–water partition coefficient (Wildman–Crippen LogP) is 4.38. The van der Waals surface area contributed by atoms with E-state index < -0.39 is 0 Å². The van der Waals surface area contributed by atoms with Crippen molar-refractivity contribution in [2.75, 3.05) is 27.2 Å². The van der Waals surface area contributed by atoms with Crippen LogP contribution < -0.4 is 0 Å². The molecule has 166 valence electrons. The highest BCUT2D eigenvalue weighted by molar-refractivity contribution is 5.89. The molecule has 4 N–H and O–H groups in total. The Balaban J connectivity index is 1.45. The SMILES string of the molecule is CN(CCN(C)Cc1c(O)ccc2ccc(O)cc12)Cc1c(O)ccc2ccc(O)cc12. The minimum absolute atomic E-state index is 0.174. The van der Waals surface area contributed by atoms with Crippen molar-refractivity contribution in [2.45, 2.75) is 13.1 Å². The van der Waals surface area contributed by atoms with Gasteiger partial charge < -0.3 is 30.2 Å². The normalized spacial score (nSPS) is 11.8. The monoisotopic (exact) mass is 432 g/mol. The largest absolute Gasteiger partial charge is 0.508 e. The molecule has 0 spiro atoms. The summed E-state index contributed by atoms with van der Waals surface area (Å²) in [5.41, 5.74) is 1.57. The summed E-state index contributed by atoms with van der Waals surface area (Å²) in [5, 5.41) is 44.2. The van der Waals surface area contributed by atoms with Crippen LogP contribution in [-0.2, 0) is 13.1 Å². The van der Waals surface area contributed by atoms with Gasteiger partial charge in [-0.2, -0.15) is 0 Å². The van der Waals surface area contributed by atoms with E-state index in [4.69, 9.17) is 0 Å². The van der Waals surface area contributed by atoms with Gasteiger partial charge in [-0.05, 0) is 72.0 Å². The Hall–Kier alpha value is -3.48. The highest BCUT2D eigenvalue weighted by Crippen LogP contribution is 2.32. The van der Waals surface area contributed by atoms with E-state index >= 15 is 0 Å². The van der Waals surface area contributed by atoms with Gasteiger partial charge >= 0.3 is 0 Å². The molecule has 0 atom stereocenters. The molecule has 0 bridgehead atoms. The van der Waals surface area contributed by atoms with Crippen LogP contribution in [0, 0.1) is 0 Å². The first kappa shape index (κ1) is 21.7. The van der Waals surface area contributed by atoms with Crippen molar-refractivity contribution in [1.29, 1.82) is 0 Å². The summed E-state index contributed by atoms with van der Waals surface area (Å²) < 4.78 is 0. The van der Waals surface area contributed by atoms with Gasteiger partial charge in [-0.1, -0.05) is 24.3 Å². The van der Waals surface area contributed by atoms with Crippen molar-refractivity contribution in [3.63, 3.8) is 0 Å². The molecule has 4 aromatic rings. The number of phenols is 4. The van der Waals surface area contributed by atoms with E-state index in [0.29, 0.717) is 13.1 Å². The summed E-state index contributed by atoms with van der Waals surface area (Å²) in [7, 11) is 3.98. The number of hydrogen-bond donors (Lipinski definition) is 4. The molecule has 0 unspecified atom stereocenters. The minimum atomic E-state index is 0.174. The lowest BCUT2D eigenvalue weighted by molar-refractivity contribution is 0.245. The van der Waals surface area contributed by atoms with E-state index in [-0.39, 0.29) is 23.0 Å². The van der Waals surface area contributed by atoms with Gasteiger partial charge in [0.05, 0.1) is 0 Å². The van der Waals surface area contributed by atoms with Crippen LogP contribution in [0.3, 0.4) is 0 Å². The number of benzene rings is 4. The van der Waals surface area contributed by atoms with Crippen molar-refractivity contribution >= 4 is 21.5 Å². The van der Waals surface area contributed by atoms with Crippen LogP contribution in [0.15, 0.2) is 60.7 Å². The molecule has 0 saturated carbocycles. The fraction of sp³-hybridized carbons (Fsp3) is 0.231. The van der Waals surface area contributed by atoms with Crippen molar-refractivity contribution in [1.82, 2.24) is 9.80 Å². The molecule has 6 heteroatoms. The van der Waals surface area contributed by atoms with Gasteiger partial charge in [-0.3, -0.25) is 0 Å². The molecule has 0 amide bonds. The van der Waals surface area contributed by atoms with E-state index in [1.165, 1.54) is 0 Å². The molecule has 0 saturated heterocycles. The van der Waals surface area contributed by atoms with Gasteiger partial charge in [0, 0.05) is 37.3 Å². The van der Waals surface area contributed by atoms with Gasteiger partial charge in [-0.25, -0.2) is 0 Å². The lowest BCUT2D eigenvalue weighted by Crippen LogP contribution is -2.30. The van der Waals surface area contributed by atoms with Gasteiger partial charge in [0.25, 0.3) is 0 Å². The Morgan fingerprint density at radius 3 is 1.34 bits per heavy atom. The molecule has 6 nitrogen and oxygen atoms in total. The summed E-state index contributed by atoms with van der Waals surface area (Å²) in [4.78, 5) is 4.23. The highest BCUT2D eigenvalue weighted by atomic mass is 16.3. The first-order valence-electron chi connectivity index (χ1n) is 10.6. The van der Waals surface area contributed by atoms with Crippen molar-refractivity contribution in [2.24, 2.45) is 0 Å². The van der Waals surface area contributed by atoms with E-state index in [1.54, 1.807) is 36.4 Å². The first-order chi connectivity index (χ1) is 15.3. The predicted molar refractivity (Wildman–Crippen MR) is 127 cm³/mol. The van der Waals surface area contributed by atoms with Crippen LogP contribution in [0.25, 0.3) is 21.5 Å². The molecule has 0 heterocycles. The summed E-state index contributed by atoms with van der Waals surface area (Å²) in [5.74, 6) is 0.771. The summed E-state index contributed by atoms with van der Waals surface area (Å²) >= 11 is 0. The quantitative estimate of drug-likeness (QED) is 0.347. The van der Waals surface area contributed by atoms with Crippen LogP contribution in [0.2, 0.25) is 0 Å². The van der Waals surface area contributed by atoms with E-state index in [0.717, 1.165) is 45.8 Å². The Labute approximate surface area is 187 Å². The van der Waals surface area contributed by atoms with Crippen molar-refractivity contribution < 1.29 is 20.4 Å². The molecular formula is C26H28N2O4. The number of nitrogens with zero attached hydrogens (tertiary/aromatic N) is 2. The minimum Gasteiger partial charge on any atom is -0.508 e. The molecule has 4 aromatic carbocycles. The molecule has 0 aromatic heterocycles. The Bertz CT molecular complexity index is 1160. The van der Waals surface area contributed by atoms with Crippen LogP contribution >= 0.6 is 0 Å². The van der Waals surface area contributed by atoms with E-state index in [9.17, 15) is 20.4 Å². The fourth-order valence-electron chi connectivity index (χ4n) is 4.09. The number of aromatic hydroxyl groups is 4. The van der Waals surface area contributed by atoms with E-state index in [2.05, 4.69) is 9.80 Å². The molecule has 0 fully saturated rings. The third-order valence-electron chi connectivity index (χ3n) is 5.90. The number of phenolic OH excluding ortho intramolecular Hbond substituents is 4. The van der Waals surface area contributed by atoms with Gasteiger partial charge in [0.1, 0.15) is 23.0 Å². The molecule has 32 heavy (non-hydrogen) atoms. The van der Waals surface area contributed by atoms with E-state index in [1.807, 2.05) is 38.4 Å². The Kier molecular flexibility index (Phi) is 6.08. The molecule has 4 rings (SSSR count). The molecule has 0 radical (unpaired) electrons. The maximum Gasteiger partial charge on any atom is 0.120 e. The Morgan fingerprint density at radius 2 is 0.938 bits per heavy atom. The van der Waals surface area contributed by atoms with Gasteiger partial charge in [0.2, 0.25) is 0 Å². The fourth-order valence-corrected chi connectivity index (χ4v) is 4.09. The summed E-state index contributed by atoms with van der Waals surface area (Å²) in [6.07, 6.45) is 0. The zero-order chi connectivity index (χ0) is 22.8. The lowest BCUT2D eigenvalue weighted by Gasteiger charge is -2.24. The highest BCUT2D eigenvalue weighted by Gasteiger charge is 2.13. The number of likely N-dealkylation sites (N-methyl/N-ethyl adjacent to an activating group) is 2. The van der Waals surface area contributed by atoms with Crippen molar-refractivity contribution in [3.8, 4) is 23.0 Å². The molecule has 0 aliphatic rings. The topological polar surface area (TPSA) is 87.4 Å². The van der Waals surface area contributed by atoms with Crippen LogP contribution in [0.5, 0.6) is 23.0 Å². The Morgan fingerprint density at radius 1 is 0.562 bits per heavy atom. The maximum absolute atomic E-state index is 10.4. The summed E-state index contributed by atoms with van der Waals surface area (Å²) in [6.45, 7) is 2.55. The first-order valence-corrected chi connectivity index (χ1v) is 10.6. The maximum atomic E-state index is 10.4. The average molecular weight is 433 g/mol. The lowest BCUT2D eigenvalue weighted by atomic mass is 10.0.